The smallest absolute Gasteiger partial charge is 0.304 e. The predicted octanol–water partition coefficient (Wildman–Crippen LogP) is 2.11. The highest BCUT2D eigenvalue weighted by molar-refractivity contribution is 7.99. The third-order valence-electron chi connectivity index (χ3n) is 1.79. The summed E-state index contributed by atoms with van der Waals surface area (Å²) in [5.74, 6) is 0.382. The third-order valence-corrected chi connectivity index (χ3v) is 2.79. The van der Waals surface area contributed by atoms with Gasteiger partial charge in [-0.15, -0.1) is 0 Å². The van der Waals surface area contributed by atoms with E-state index in [2.05, 4.69) is 23.4 Å². The van der Waals surface area contributed by atoms with Crippen molar-refractivity contribution in [3.63, 3.8) is 0 Å². The van der Waals surface area contributed by atoms with E-state index >= 15 is 0 Å². The summed E-state index contributed by atoms with van der Waals surface area (Å²) < 4.78 is 2.07. The number of carbonyl (C=O) groups is 1. The molecule has 0 aliphatic rings. The van der Waals surface area contributed by atoms with Crippen LogP contribution in [0.1, 0.15) is 20.3 Å². The maximum atomic E-state index is 10.3. The Kier molecular flexibility index (Phi) is 4.68. The molecule has 5 heteroatoms. The Morgan fingerprint density at radius 1 is 1.67 bits per heavy atom. The van der Waals surface area contributed by atoms with Crippen molar-refractivity contribution in [1.82, 2.24) is 9.55 Å². The van der Waals surface area contributed by atoms with Crippen molar-refractivity contribution in [3.05, 3.63) is 12.4 Å². The number of hydrogen-bond donors (Lipinski definition) is 1. The van der Waals surface area contributed by atoms with Gasteiger partial charge in [-0.2, -0.15) is 0 Å². The molecule has 0 fully saturated rings. The Morgan fingerprint density at radius 3 is 3.00 bits per heavy atom. The summed E-state index contributed by atoms with van der Waals surface area (Å²) >= 11 is 1.50. The molecule has 0 aliphatic carbocycles. The van der Waals surface area contributed by atoms with Gasteiger partial charge in [0.2, 0.25) is 0 Å². The quantitative estimate of drug-likeness (QED) is 0.758. The number of aromatic nitrogens is 2. The molecule has 0 bridgehead atoms. The minimum Gasteiger partial charge on any atom is -0.481 e. The number of aliphatic carboxylic acids is 1. The van der Waals surface area contributed by atoms with E-state index in [0.717, 1.165) is 11.7 Å². The highest BCUT2D eigenvalue weighted by Gasteiger charge is 2.06. The Balaban J connectivity index is 2.46. The van der Waals surface area contributed by atoms with Gasteiger partial charge in [0.05, 0.1) is 6.42 Å². The SMILES string of the molecule is CC(C)Cn1ccnc1SCCC(=O)O. The van der Waals surface area contributed by atoms with Crippen LogP contribution in [0.2, 0.25) is 0 Å². The van der Waals surface area contributed by atoms with Gasteiger partial charge in [0.1, 0.15) is 0 Å². The monoisotopic (exact) mass is 228 g/mol. The summed E-state index contributed by atoms with van der Waals surface area (Å²) in [5, 5.41) is 9.42. The zero-order valence-corrected chi connectivity index (χ0v) is 9.83. The van der Waals surface area contributed by atoms with Crippen LogP contribution in [0.3, 0.4) is 0 Å². The maximum Gasteiger partial charge on any atom is 0.304 e. The normalized spacial score (nSPS) is 10.9. The van der Waals surface area contributed by atoms with E-state index in [0.29, 0.717) is 11.7 Å². The van der Waals surface area contributed by atoms with E-state index < -0.39 is 5.97 Å². The second kappa shape index (κ2) is 5.80. The molecule has 0 unspecified atom stereocenters. The molecule has 0 amide bonds. The van der Waals surface area contributed by atoms with Gasteiger partial charge in [0.25, 0.3) is 0 Å². The zero-order valence-electron chi connectivity index (χ0n) is 9.01. The molecule has 1 N–H and O–H groups in total. The van der Waals surface area contributed by atoms with Crippen molar-refractivity contribution < 1.29 is 9.90 Å². The van der Waals surface area contributed by atoms with Crippen LogP contribution in [0.25, 0.3) is 0 Å². The van der Waals surface area contributed by atoms with Crippen LogP contribution in [0.4, 0.5) is 0 Å². The van der Waals surface area contributed by atoms with Gasteiger partial charge in [0.15, 0.2) is 5.16 Å². The summed E-state index contributed by atoms with van der Waals surface area (Å²) in [7, 11) is 0. The summed E-state index contributed by atoms with van der Waals surface area (Å²) in [6.07, 6.45) is 3.87. The fourth-order valence-electron chi connectivity index (χ4n) is 1.20. The second-order valence-electron chi connectivity index (χ2n) is 3.75. The van der Waals surface area contributed by atoms with Gasteiger partial charge < -0.3 is 9.67 Å². The zero-order chi connectivity index (χ0) is 11.3. The van der Waals surface area contributed by atoms with E-state index in [1.165, 1.54) is 11.8 Å². The molecule has 0 saturated heterocycles. The van der Waals surface area contributed by atoms with Gasteiger partial charge in [-0.25, -0.2) is 4.98 Å². The summed E-state index contributed by atoms with van der Waals surface area (Å²) in [6.45, 7) is 5.22. The van der Waals surface area contributed by atoms with Crippen LogP contribution in [0.5, 0.6) is 0 Å². The van der Waals surface area contributed by atoms with Crippen molar-refractivity contribution in [1.29, 1.82) is 0 Å². The summed E-state index contributed by atoms with van der Waals surface area (Å²) in [4.78, 5) is 14.5. The minimum atomic E-state index is -0.760. The van der Waals surface area contributed by atoms with E-state index in [1.807, 2.05) is 6.20 Å². The van der Waals surface area contributed by atoms with Crippen molar-refractivity contribution >= 4 is 17.7 Å². The lowest BCUT2D eigenvalue weighted by atomic mass is 10.2. The molecule has 1 aromatic rings. The number of hydrogen-bond acceptors (Lipinski definition) is 3. The minimum absolute atomic E-state index is 0.180. The van der Waals surface area contributed by atoms with Gasteiger partial charge in [-0.3, -0.25) is 4.79 Å². The standard InChI is InChI=1S/C10H16N2O2S/c1-8(2)7-12-5-4-11-10(12)15-6-3-9(13)14/h4-5,8H,3,6-7H2,1-2H3,(H,13,14). The van der Waals surface area contributed by atoms with E-state index in [4.69, 9.17) is 5.11 Å². The first-order chi connectivity index (χ1) is 7.09. The first kappa shape index (κ1) is 12.1. The highest BCUT2D eigenvalue weighted by atomic mass is 32.2. The van der Waals surface area contributed by atoms with Gasteiger partial charge in [0, 0.05) is 24.7 Å². The number of carboxylic acids is 1. The molecule has 1 heterocycles. The van der Waals surface area contributed by atoms with E-state index in [9.17, 15) is 4.79 Å². The Morgan fingerprint density at radius 2 is 2.40 bits per heavy atom. The van der Waals surface area contributed by atoms with Gasteiger partial charge >= 0.3 is 5.97 Å². The Hall–Kier alpha value is -0.970. The van der Waals surface area contributed by atoms with E-state index in [-0.39, 0.29) is 6.42 Å². The molecule has 0 aliphatic heterocycles. The van der Waals surface area contributed by atoms with Crippen LogP contribution in [0, 0.1) is 5.92 Å². The molecule has 1 rings (SSSR count). The molecule has 0 spiro atoms. The van der Waals surface area contributed by atoms with Crippen LogP contribution >= 0.6 is 11.8 Å². The summed E-state index contributed by atoms with van der Waals surface area (Å²) in [6, 6.07) is 0. The molecular formula is C10H16N2O2S. The Bertz CT molecular complexity index is 323. The third kappa shape index (κ3) is 4.38. The van der Waals surface area contributed by atoms with Crippen molar-refractivity contribution in [2.24, 2.45) is 5.92 Å². The topological polar surface area (TPSA) is 55.1 Å². The molecule has 0 radical (unpaired) electrons. The number of thioether (sulfide) groups is 1. The molecule has 15 heavy (non-hydrogen) atoms. The lowest BCUT2D eigenvalue weighted by molar-refractivity contribution is -0.136. The van der Waals surface area contributed by atoms with Crippen LogP contribution in [0.15, 0.2) is 17.6 Å². The second-order valence-corrected chi connectivity index (χ2v) is 4.81. The fraction of sp³-hybridized carbons (Fsp3) is 0.600. The Labute approximate surface area is 93.7 Å². The van der Waals surface area contributed by atoms with Crippen molar-refractivity contribution in [3.8, 4) is 0 Å². The lowest BCUT2D eigenvalue weighted by Gasteiger charge is -2.09. The molecule has 0 atom stereocenters. The molecule has 4 nitrogen and oxygen atoms in total. The molecule has 0 saturated carbocycles. The number of nitrogens with zero attached hydrogens (tertiary/aromatic N) is 2. The lowest BCUT2D eigenvalue weighted by Crippen LogP contribution is -2.05. The van der Waals surface area contributed by atoms with Crippen LogP contribution in [-0.4, -0.2) is 26.4 Å². The molecule has 0 aromatic carbocycles. The molecule has 84 valence electrons. The number of imidazole rings is 1. The average molecular weight is 228 g/mol. The van der Waals surface area contributed by atoms with Gasteiger partial charge in [-0.1, -0.05) is 25.6 Å². The van der Waals surface area contributed by atoms with Crippen LogP contribution < -0.4 is 0 Å². The first-order valence-corrected chi connectivity index (χ1v) is 5.94. The number of carboxylic acid groups (broad SMARTS) is 1. The highest BCUT2D eigenvalue weighted by Crippen LogP contribution is 2.17. The molecular weight excluding hydrogens is 212 g/mol. The van der Waals surface area contributed by atoms with Crippen LogP contribution in [-0.2, 0) is 11.3 Å². The summed E-state index contributed by atoms with van der Waals surface area (Å²) in [5.41, 5.74) is 0. The van der Waals surface area contributed by atoms with Crippen molar-refractivity contribution in [2.75, 3.05) is 5.75 Å². The first-order valence-electron chi connectivity index (χ1n) is 4.95. The van der Waals surface area contributed by atoms with Gasteiger partial charge in [-0.05, 0) is 5.92 Å². The van der Waals surface area contributed by atoms with E-state index in [1.54, 1.807) is 6.20 Å². The molecule has 1 aromatic heterocycles. The number of rotatable bonds is 6. The van der Waals surface area contributed by atoms with Crippen molar-refractivity contribution in [2.45, 2.75) is 32.0 Å². The largest absolute Gasteiger partial charge is 0.481 e. The fourth-order valence-corrected chi connectivity index (χ4v) is 2.09. The maximum absolute atomic E-state index is 10.3. The average Bonchev–Trinajstić information content (AvgIpc) is 2.51. The predicted molar refractivity (Wildman–Crippen MR) is 60.0 cm³/mol.